The molecule has 1 unspecified atom stereocenters. The predicted octanol–water partition coefficient (Wildman–Crippen LogP) is 3.66. The van der Waals surface area contributed by atoms with Crippen LogP contribution in [0, 0.1) is 5.92 Å². The van der Waals surface area contributed by atoms with Gasteiger partial charge in [-0.1, -0.05) is 45.0 Å². The van der Waals surface area contributed by atoms with E-state index in [1.807, 2.05) is 36.4 Å². The lowest BCUT2D eigenvalue weighted by Crippen LogP contribution is -2.32. The van der Waals surface area contributed by atoms with Crippen molar-refractivity contribution >= 4 is 17.5 Å². The van der Waals surface area contributed by atoms with Crippen molar-refractivity contribution in [3.05, 3.63) is 59.7 Å². The van der Waals surface area contributed by atoms with Gasteiger partial charge in [-0.2, -0.15) is 0 Å². The monoisotopic (exact) mass is 380 g/mol. The third-order valence-corrected chi connectivity index (χ3v) is 5.17. The smallest absolute Gasteiger partial charge is 0.227 e. The van der Waals surface area contributed by atoms with Crippen LogP contribution >= 0.6 is 0 Å². The number of hydrogen-bond donors (Lipinski definition) is 1. The molecule has 0 aliphatic carbocycles. The average molecular weight is 380 g/mol. The molecular weight excluding hydrogens is 352 g/mol. The van der Waals surface area contributed by atoms with E-state index in [9.17, 15) is 9.59 Å². The van der Waals surface area contributed by atoms with Gasteiger partial charge in [-0.3, -0.25) is 9.59 Å². The summed E-state index contributed by atoms with van der Waals surface area (Å²) in [7, 11) is 1.62. The predicted molar refractivity (Wildman–Crippen MR) is 110 cm³/mol. The fraction of sp³-hybridized carbons (Fsp3) is 0.391. The highest BCUT2D eigenvalue weighted by molar-refractivity contribution is 6.00. The highest BCUT2D eigenvalue weighted by Gasteiger charge is 2.35. The Hall–Kier alpha value is -2.82. The standard InChI is InChI=1S/C23H28N2O3/c1-23(2,3)18-7-9-19(10-8-18)25-15-17(13-21(25)26)22(27)24-14-16-5-11-20(28-4)12-6-16/h5-12,17H,13-15H2,1-4H3,(H,24,27). The number of anilines is 1. The van der Waals surface area contributed by atoms with Crippen molar-refractivity contribution in [2.24, 2.45) is 5.92 Å². The van der Waals surface area contributed by atoms with Gasteiger partial charge in [0.1, 0.15) is 5.75 Å². The summed E-state index contributed by atoms with van der Waals surface area (Å²) < 4.78 is 5.14. The van der Waals surface area contributed by atoms with Gasteiger partial charge in [-0.05, 0) is 40.8 Å². The molecule has 5 heteroatoms. The van der Waals surface area contributed by atoms with Crippen molar-refractivity contribution in [2.45, 2.75) is 39.2 Å². The molecule has 0 bridgehead atoms. The van der Waals surface area contributed by atoms with Crippen molar-refractivity contribution in [1.29, 1.82) is 0 Å². The third-order valence-electron chi connectivity index (χ3n) is 5.17. The molecule has 2 aromatic carbocycles. The number of nitrogens with one attached hydrogen (secondary N) is 1. The van der Waals surface area contributed by atoms with Crippen molar-refractivity contribution in [2.75, 3.05) is 18.6 Å². The summed E-state index contributed by atoms with van der Waals surface area (Å²) in [6.45, 7) is 7.33. The number of ether oxygens (including phenoxy) is 1. The molecule has 1 aliphatic heterocycles. The summed E-state index contributed by atoms with van der Waals surface area (Å²) in [4.78, 5) is 26.7. The molecule has 2 aromatic rings. The van der Waals surface area contributed by atoms with Gasteiger partial charge in [-0.25, -0.2) is 0 Å². The Morgan fingerprint density at radius 1 is 1.11 bits per heavy atom. The van der Waals surface area contributed by atoms with Crippen LogP contribution in [0.2, 0.25) is 0 Å². The van der Waals surface area contributed by atoms with Crippen LogP contribution in [0.15, 0.2) is 48.5 Å². The molecule has 0 aromatic heterocycles. The van der Waals surface area contributed by atoms with Crippen LogP contribution in [0.25, 0.3) is 0 Å². The van der Waals surface area contributed by atoms with Crippen LogP contribution in [-0.4, -0.2) is 25.5 Å². The molecule has 0 spiro atoms. The number of amides is 2. The zero-order valence-corrected chi connectivity index (χ0v) is 17.0. The van der Waals surface area contributed by atoms with Crippen molar-refractivity contribution in [3.63, 3.8) is 0 Å². The molecular formula is C23H28N2O3. The van der Waals surface area contributed by atoms with E-state index >= 15 is 0 Å². The molecule has 2 amide bonds. The Kier molecular flexibility index (Phi) is 5.73. The molecule has 1 N–H and O–H groups in total. The second kappa shape index (κ2) is 8.05. The first-order valence-corrected chi connectivity index (χ1v) is 9.59. The summed E-state index contributed by atoms with van der Waals surface area (Å²) >= 11 is 0. The summed E-state index contributed by atoms with van der Waals surface area (Å²) in [6.07, 6.45) is 0.246. The van der Waals surface area contributed by atoms with E-state index in [1.165, 1.54) is 5.56 Å². The Bertz CT molecular complexity index is 836. The molecule has 5 nitrogen and oxygen atoms in total. The SMILES string of the molecule is COc1ccc(CNC(=O)C2CC(=O)N(c3ccc(C(C)(C)C)cc3)C2)cc1. The number of nitrogens with zero attached hydrogens (tertiary/aromatic N) is 1. The molecule has 0 radical (unpaired) electrons. The van der Waals surface area contributed by atoms with Gasteiger partial charge >= 0.3 is 0 Å². The zero-order chi connectivity index (χ0) is 20.3. The van der Waals surface area contributed by atoms with Gasteiger partial charge in [0.2, 0.25) is 11.8 Å². The van der Waals surface area contributed by atoms with E-state index in [-0.39, 0.29) is 29.6 Å². The van der Waals surface area contributed by atoms with Gasteiger partial charge in [0, 0.05) is 25.2 Å². The van der Waals surface area contributed by atoms with Gasteiger partial charge in [-0.15, -0.1) is 0 Å². The van der Waals surface area contributed by atoms with Crippen LogP contribution in [0.3, 0.4) is 0 Å². The van der Waals surface area contributed by atoms with Gasteiger partial charge < -0.3 is 15.0 Å². The minimum Gasteiger partial charge on any atom is -0.497 e. The maximum atomic E-state index is 12.5. The molecule has 1 heterocycles. The fourth-order valence-electron chi connectivity index (χ4n) is 3.35. The maximum Gasteiger partial charge on any atom is 0.227 e. The Labute approximate surface area is 166 Å². The molecule has 1 fully saturated rings. The van der Waals surface area contributed by atoms with Crippen LogP contribution < -0.4 is 15.0 Å². The molecule has 3 rings (SSSR count). The number of carbonyl (C=O) groups excluding carboxylic acids is 2. The van der Waals surface area contributed by atoms with Gasteiger partial charge in [0.25, 0.3) is 0 Å². The van der Waals surface area contributed by atoms with Crippen LogP contribution in [0.1, 0.15) is 38.3 Å². The minimum absolute atomic E-state index is 0.00638. The third kappa shape index (κ3) is 4.53. The quantitative estimate of drug-likeness (QED) is 0.861. The maximum absolute atomic E-state index is 12.5. The fourth-order valence-corrected chi connectivity index (χ4v) is 3.35. The number of rotatable bonds is 5. The lowest BCUT2D eigenvalue weighted by atomic mass is 9.87. The second-order valence-electron chi connectivity index (χ2n) is 8.27. The molecule has 0 saturated carbocycles. The van der Waals surface area contributed by atoms with Gasteiger partial charge in [0.05, 0.1) is 13.0 Å². The van der Waals surface area contributed by atoms with Crippen LogP contribution in [0.4, 0.5) is 5.69 Å². The molecule has 28 heavy (non-hydrogen) atoms. The normalized spacial score (nSPS) is 16.9. The molecule has 1 aliphatic rings. The highest BCUT2D eigenvalue weighted by Crippen LogP contribution is 2.28. The first-order chi connectivity index (χ1) is 13.3. The van der Waals surface area contributed by atoms with E-state index in [1.54, 1.807) is 12.0 Å². The summed E-state index contributed by atoms with van der Waals surface area (Å²) in [5.41, 5.74) is 3.13. The van der Waals surface area contributed by atoms with E-state index in [0.717, 1.165) is 17.0 Å². The zero-order valence-electron chi connectivity index (χ0n) is 17.0. The topological polar surface area (TPSA) is 58.6 Å². The molecule has 1 atom stereocenters. The Morgan fingerprint density at radius 2 is 1.75 bits per heavy atom. The Morgan fingerprint density at radius 3 is 2.32 bits per heavy atom. The number of hydrogen-bond acceptors (Lipinski definition) is 3. The van der Waals surface area contributed by atoms with Crippen LogP contribution in [-0.2, 0) is 21.5 Å². The highest BCUT2D eigenvalue weighted by atomic mass is 16.5. The first kappa shape index (κ1) is 19.9. The lowest BCUT2D eigenvalue weighted by Gasteiger charge is -2.21. The average Bonchev–Trinajstić information content (AvgIpc) is 3.07. The molecule has 148 valence electrons. The number of benzene rings is 2. The number of carbonyl (C=O) groups is 2. The first-order valence-electron chi connectivity index (χ1n) is 9.59. The van der Waals surface area contributed by atoms with E-state index < -0.39 is 0 Å². The largest absolute Gasteiger partial charge is 0.497 e. The summed E-state index contributed by atoms with van der Waals surface area (Å²) in [5, 5.41) is 2.94. The van der Waals surface area contributed by atoms with Crippen LogP contribution in [0.5, 0.6) is 5.75 Å². The lowest BCUT2D eigenvalue weighted by molar-refractivity contribution is -0.126. The molecule has 1 saturated heterocycles. The van der Waals surface area contributed by atoms with E-state index in [4.69, 9.17) is 4.74 Å². The summed E-state index contributed by atoms with van der Waals surface area (Å²) in [6, 6.07) is 15.6. The van der Waals surface area contributed by atoms with E-state index in [0.29, 0.717) is 13.1 Å². The Balaban J connectivity index is 1.59. The number of methoxy groups -OCH3 is 1. The second-order valence-corrected chi connectivity index (χ2v) is 8.27. The minimum atomic E-state index is -0.326. The van der Waals surface area contributed by atoms with Crippen molar-refractivity contribution < 1.29 is 14.3 Å². The summed E-state index contributed by atoms with van der Waals surface area (Å²) in [5.74, 6) is 0.365. The van der Waals surface area contributed by atoms with E-state index in [2.05, 4.69) is 38.2 Å². The van der Waals surface area contributed by atoms with Crippen molar-refractivity contribution in [1.82, 2.24) is 5.32 Å². The van der Waals surface area contributed by atoms with Crippen molar-refractivity contribution in [3.8, 4) is 5.75 Å². The van der Waals surface area contributed by atoms with Gasteiger partial charge in [0.15, 0.2) is 0 Å².